The summed E-state index contributed by atoms with van der Waals surface area (Å²) in [6.07, 6.45) is 0.707. The summed E-state index contributed by atoms with van der Waals surface area (Å²) in [6.45, 7) is 1.18. The van der Waals surface area contributed by atoms with Gasteiger partial charge in [0.05, 0.1) is 16.3 Å². The molecule has 8 nitrogen and oxygen atoms in total. The van der Waals surface area contributed by atoms with E-state index in [9.17, 15) is 14.9 Å². The van der Waals surface area contributed by atoms with Gasteiger partial charge in [-0.15, -0.1) is 12.4 Å². The zero-order valence-corrected chi connectivity index (χ0v) is 17.5. The van der Waals surface area contributed by atoms with Gasteiger partial charge < -0.3 is 9.32 Å². The molecule has 0 saturated carbocycles. The van der Waals surface area contributed by atoms with Crippen LogP contribution in [0.3, 0.4) is 0 Å². The number of carbonyl (C=O) groups is 1. The Hall–Kier alpha value is -2.20. The first kappa shape index (κ1) is 22.1. The van der Waals surface area contributed by atoms with Gasteiger partial charge >= 0.3 is 5.88 Å². The quantitative estimate of drug-likeness (QED) is 0.394. The van der Waals surface area contributed by atoms with Crippen molar-refractivity contribution in [3.05, 3.63) is 51.2 Å². The molecule has 0 unspecified atom stereocenters. The maximum absolute atomic E-state index is 12.9. The molecule has 0 saturated heterocycles. The number of halogens is 2. The number of nitrogens with zero attached hydrogens (tertiary/aromatic N) is 4. The minimum atomic E-state index is -0.674. The van der Waals surface area contributed by atoms with E-state index in [1.165, 1.54) is 28.4 Å². The molecule has 1 aromatic carbocycles. The molecule has 0 N–H and O–H groups in total. The Balaban J connectivity index is 0.00000280. The summed E-state index contributed by atoms with van der Waals surface area (Å²) < 4.78 is 5.94. The van der Waals surface area contributed by atoms with E-state index in [-0.39, 0.29) is 18.2 Å². The average Bonchev–Trinajstić information content (AvgIpc) is 3.24. The highest BCUT2D eigenvalue weighted by molar-refractivity contribution is 7.22. The first-order valence-electron chi connectivity index (χ1n) is 8.12. The number of furan rings is 1. The Morgan fingerprint density at radius 2 is 2.04 bits per heavy atom. The molecule has 11 heteroatoms. The van der Waals surface area contributed by atoms with Crippen LogP contribution in [0, 0.1) is 10.1 Å². The van der Waals surface area contributed by atoms with Crippen LogP contribution in [0.2, 0.25) is 5.02 Å². The predicted octanol–water partition coefficient (Wildman–Crippen LogP) is 4.47. The number of benzene rings is 1. The minimum Gasteiger partial charge on any atom is -0.395 e. The van der Waals surface area contributed by atoms with Gasteiger partial charge in [-0.05, 0) is 51.3 Å². The van der Waals surface area contributed by atoms with E-state index in [0.717, 1.165) is 16.8 Å². The van der Waals surface area contributed by atoms with Crippen molar-refractivity contribution in [1.29, 1.82) is 0 Å². The van der Waals surface area contributed by atoms with Crippen molar-refractivity contribution < 1.29 is 14.1 Å². The van der Waals surface area contributed by atoms with Gasteiger partial charge in [0.25, 0.3) is 5.91 Å². The Morgan fingerprint density at radius 3 is 2.68 bits per heavy atom. The molecule has 0 bridgehead atoms. The molecule has 0 aliphatic heterocycles. The molecule has 3 aromatic rings. The summed E-state index contributed by atoms with van der Waals surface area (Å²) in [6, 6.07) is 7.80. The highest BCUT2D eigenvalue weighted by atomic mass is 35.5. The third kappa shape index (κ3) is 4.99. The average molecular weight is 445 g/mol. The number of anilines is 1. The third-order valence-electron chi connectivity index (χ3n) is 3.78. The smallest absolute Gasteiger partial charge is 0.395 e. The highest BCUT2D eigenvalue weighted by Crippen LogP contribution is 2.32. The lowest BCUT2D eigenvalue weighted by Crippen LogP contribution is -2.33. The zero-order valence-electron chi connectivity index (χ0n) is 15.1. The van der Waals surface area contributed by atoms with Crippen LogP contribution in [0.4, 0.5) is 11.0 Å². The molecule has 0 aliphatic rings. The molecule has 0 fully saturated rings. The number of hydrogen-bond donors (Lipinski definition) is 0. The summed E-state index contributed by atoms with van der Waals surface area (Å²) >= 11 is 7.37. The summed E-state index contributed by atoms with van der Waals surface area (Å²) in [5.74, 6) is -1.03. The van der Waals surface area contributed by atoms with Crippen LogP contribution >= 0.6 is 35.3 Å². The van der Waals surface area contributed by atoms with Gasteiger partial charge in [-0.2, -0.15) is 0 Å². The molecule has 0 aliphatic carbocycles. The number of aromatic nitrogens is 1. The van der Waals surface area contributed by atoms with Gasteiger partial charge in [0, 0.05) is 11.6 Å². The van der Waals surface area contributed by atoms with E-state index in [2.05, 4.69) is 4.98 Å². The lowest BCUT2D eigenvalue weighted by Gasteiger charge is -2.19. The Morgan fingerprint density at radius 1 is 1.29 bits per heavy atom. The number of nitro groups is 1. The van der Waals surface area contributed by atoms with Crippen molar-refractivity contribution in [2.45, 2.75) is 6.42 Å². The van der Waals surface area contributed by atoms with Crippen molar-refractivity contribution in [2.75, 3.05) is 32.1 Å². The lowest BCUT2D eigenvalue weighted by atomic mass is 10.3. The van der Waals surface area contributed by atoms with Gasteiger partial charge in [0.15, 0.2) is 10.9 Å². The van der Waals surface area contributed by atoms with Crippen LogP contribution in [-0.4, -0.2) is 47.9 Å². The number of thiazole rings is 1. The van der Waals surface area contributed by atoms with Gasteiger partial charge in [0.1, 0.15) is 4.92 Å². The van der Waals surface area contributed by atoms with Crippen molar-refractivity contribution in [3.63, 3.8) is 0 Å². The molecule has 2 heterocycles. The number of carbonyl (C=O) groups excluding carboxylic acids is 1. The van der Waals surface area contributed by atoms with E-state index in [4.69, 9.17) is 16.0 Å². The van der Waals surface area contributed by atoms with Crippen LogP contribution in [-0.2, 0) is 0 Å². The maximum Gasteiger partial charge on any atom is 0.433 e. The molecule has 0 atom stereocenters. The van der Waals surface area contributed by atoms with E-state index >= 15 is 0 Å². The molecule has 1 amide bonds. The van der Waals surface area contributed by atoms with Crippen molar-refractivity contribution in [1.82, 2.24) is 9.88 Å². The topological polar surface area (TPSA) is 92.7 Å². The van der Waals surface area contributed by atoms with E-state index in [0.29, 0.717) is 23.1 Å². The second-order valence-corrected chi connectivity index (χ2v) is 7.56. The Bertz CT molecular complexity index is 989. The molecule has 150 valence electrons. The van der Waals surface area contributed by atoms with E-state index in [1.54, 1.807) is 18.2 Å². The molecule has 2 aromatic heterocycles. The number of hydrogen-bond acceptors (Lipinski definition) is 7. The monoisotopic (exact) mass is 444 g/mol. The first-order valence-corrected chi connectivity index (χ1v) is 9.31. The highest BCUT2D eigenvalue weighted by Gasteiger charge is 2.26. The predicted molar refractivity (Wildman–Crippen MR) is 112 cm³/mol. The Kier molecular flexibility index (Phi) is 7.36. The van der Waals surface area contributed by atoms with Crippen LogP contribution in [0.25, 0.3) is 10.2 Å². The van der Waals surface area contributed by atoms with Gasteiger partial charge in [0.2, 0.25) is 0 Å². The molecule has 0 spiro atoms. The van der Waals surface area contributed by atoms with Crippen molar-refractivity contribution >= 4 is 62.5 Å². The largest absolute Gasteiger partial charge is 0.433 e. The Labute approximate surface area is 176 Å². The fourth-order valence-electron chi connectivity index (χ4n) is 2.50. The normalized spacial score (nSPS) is 10.9. The van der Waals surface area contributed by atoms with Crippen molar-refractivity contribution in [3.8, 4) is 0 Å². The second-order valence-electron chi connectivity index (χ2n) is 6.12. The number of rotatable bonds is 7. The van der Waals surface area contributed by atoms with Crippen LogP contribution in [0.1, 0.15) is 17.0 Å². The molecule has 3 rings (SSSR count). The summed E-state index contributed by atoms with van der Waals surface area (Å²) in [5, 5.41) is 11.9. The fraction of sp³-hybridized carbons (Fsp3) is 0.294. The summed E-state index contributed by atoms with van der Waals surface area (Å²) in [5.41, 5.74) is 0.732. The maximum atomic E-state index is 12.9. The standard InChI is InChI=1S/C17H17ClN4O4S.ClH/c1-20(2)8-3-9-21(16(23)13-6-7-15(26-13)22(24)25)17-19-12-5-4-11(18)10-14(12)27-17;/h4-7,10H,3,8-9H2,1-2H3;1H. The van der Waals surface area contributed by atoms with Gasteiger partial charge in [-0.1, -0.05) is 22.9 Å². The molecular weight excluding hydrogens is 427 g/mol. The van der Waals surface area contributed by atoms with Crippen LogP contribution in [0.15, 0.2) is 34.7 Å². The molecule has 0 radical (unpaired) electrons. The number of amides is 1. The SMILES string of the molecule is CN(C)CCCN(C(=O)c1ccc([N+](=O)[O-])o1)c1nc2ccc(Cl)cc2s1.Cl. The van der Waals surface area contributed by atoms with Gasteiger partial charge in [-0.25, -0.2) is 4.98 Å². The second kappa shape index (κ2) is 9.33. The number of fused-ring (bicyclic) bond motifs is 1. The first-order chi connectivity index (χ1) is 12.8. The van der Waals surface area contributed by atoms with Gasteiger partial charge in [-0.3, -0.25) is 19.8 Å². The molecular formula is C17H18Cl2N4O4S. The minimum absolute atomic E-state index is 0. The summed E-state index contributed by atoms with van der Waals surface area (Å²) in [7, 11) is 3.89. The summed E-state index contributed by atoms with van der Waals surface area (Å²) in [4.78, 5) is 31.1. The zero-order chi connectivity index (χ0) is 19.6. The van der Waals surface area contributed by atoms with Crippen LogP contribution in [0.5, 0.6) is 0 Å². The van der Waals surface area contributed by atoms with E-state index in [1.807, 2.05) is 19.0 Å². The van der Waals surface area contributed by atoms with Crippen molar-refractivity contribution in [2.24, 2.45) is 0 Å². The van der Waals surface area contributed by atoms with Crippen LogP contribution < -0.4 is 4.90 Å². The van der Waals surface area contributed by atoms with E-state index < -0.39 is 16.7 Å². The fourth-order valence-corrected chi connectivity index (χ4v) is 3.77. The lowest BCUT2D eigenvalue weighted by molar-refractivity contribution is -0.402. The third-order valence-corrected chi connectivity index (χ3v) is 5.06. The molecule has 28 heavy (non-hydrogen) atoms.